The minimum Gasteiger partial charge on any atom is -0.449 e. The number of nitrogens with zero attached hydrogens (tertiary/aromatic N) is 1. The number of ether oxygens (including phenoxy) is 1. The molecule has 0 aliphatic carbocycles. The van der Waals surface area contributed by atoms with Gasteiger partial charge in [-0.2, -0.15) is 0 Å². The molecule has 5 heteroatoms. The Labute approximate surface area is 135 Å². The molecular weight excluding hydrogens is 300 g/mol. The number of halogens is 1. The summed E-state index contributed by atoms with van der Waals surface area (Å²) in [5, 5.41) is 4.39. The van der Waals surface area contributed by atoms with E-state index in [1.165, 1.54) is 0 Å². The smallest absolute Gasteiger partial charge is 0.407 e. The van der Waals surface area contributed by atoms with Crippen LogP contribution in [0.4, 0.5) is 4.79 Å². The second-order valence-corrected chi connectivity index (χ2v) is 6.16. The van der Waals surface area contributed by atoms with Gasteiger partial charge in [0.1, 0.15) is 0 Å². The molecule has 0 bridgehead atoms. The van der Waals surface area contributed by atoms with Gasteiger partial charge in [-0.25, -0.2) is 4.79 Å². The van der Waals surface area contributed by atoms with Gasteiger partial charge in [0.05, 0.1) is 17.1 Å². The largest absolute Gasteiger partial charge is 0.449 e. The zero-order valence-corrected chi connectivity index (χ0v) is 13.9. The summed E-state index contributed by atoms with van der Waals surface area (Å²) in [6.45, 7) is 7.00. The van der Waals surface area contributed by atoms with Crippen LogP contribution < -0.4 is 5.32 Å². The van der Waals surface area contributed by atoms with Crippen molar-refractivity contribution in [2.24, 2.45) is 5.92 Å². The summed E-state index contributed by atoms with van der Waals surface area (Å²) in [6.07, 6.45) is 2.06. The molecule has 1 N–H and O–H groups in total. The molecule has 1 aromatic heterocycles. The number of aryl methyl sites for hydroxylation is 1. The summed E-state index contributed by atoms with van der Waals surface area (Å²) in [5.41, 5.74) is 3.17. The van der Waals surface area contributed by atoms with Crippen LogP contribution in [0.1, 0.15) is 25.0 Å². The third-order valence-corrected chi connectivity index (χ3v) is 3.69. The van der Waals surface area contributed by atoms with E-state index in [0.717, 1.165) is 28.5 Å². The Kier molecular flexibility index (Phi) is 5.61. The second kappa shape index (κ2) is 7.45. The van der Waals surface area contributed by atoms with Gasteiger partial charge in [-0.3, -0.25) is 4.98 Å². The van der Waals surface area contributed by atoms with E-state index in [1.54, 1.807) is 12.3 Å². The highest BCUT2D eigenvalue weighted by Gasteiger charge is 2.07. The van der Waals surface area contributed by atoms with Gasteiger partial charge in [-0.05, 0) is 48.6 Å². The number of aromatic nitrogens is 1. The Balaban J connectivity index is 1.98. The summed E-state index contributed by atoms with van der Waals surface area (Å²) in [7, 11) is 0. The van der Waals surface area contributed by atoms with E-state index in [-0.39, 0.29) is 6.09 Å². The first-order chi connectivity index (χ1) is 10.5. The topological polar surface area (TPSA) is 51.2 Å². The van der Waals surface area contributed by atoms with Crippen molar-refractivity contribution < 1.29 is 9.53 Å². The van der Waals surface area contributed by atoms with Gasteiger partial charge >= 0.3 is 6.09 Å². The molecule has 0 saturated heterocycles. The fraction of sp³-hybridized carbons (Fsp3) is 0.412. The van der Waals surface area contributed by atoms with Crippen molar-refractivity contribution in [1.82, 2.24) is 10.3 Å². The molecule has 1 heterocycles. The molecule has 0 aliphatic heterocycles. The first kappa shape index (κ1) is 16.6. The number of alkyl carbamates (subject to hydrolysis) is 1. The molecule has 22 heavy (non-hydrogen) atoms. The zero-order valence-electron chi connectivity index (χ0n) is 13.1. The quantitative estimate of drug-likeness (QED) is 0.901. The summed E-state index contributed by atoms with van der Waals surface area (Å²) in [4.78, 5) is 15.8. The number of nitrogens with one attached hydrogen (secondary N) is 1. The highest BCUT2D eigenvalue weighted by Crippen LogP contribution is 2.24. The van der Waals surface area contributed by atoms with E-state index >= 15 is 0 Å². The Hall–Kier alpha value is -1.81. The molecule has 0 unspecified atom stereocenters. The summed E-state index contributed by atoms with van der Waals surface area (Å²) in [5.74, 6) is 0.336. The Morgan fingerprint density at radius 2 is 2.18 bits per heavy atom. The van der Waals surface area contributed by atoms with Gasteiger partial charge in [0.15, 0.2) is 0 Å². The lowest BCUT2D eigenvalue weighted by Gasteiger charge is -2.11. The zero-order chi connectivity index (χ0) is 16.1. The molecule has 4 nitrogen and oxygen atoms in total. The van der Waals surface area contributed by atoms with Crippen LogP contribution in [-0.2, 0) is 11.2 Å². The summed E-state index contributed by atoms with van der Waals surface area (Å²) in [6, 6.07) is 5.85. The average Bonchev–Trinajstić information content (AvgIpc) is 2.46. The van der Waals surface area contributed by atoms with Crippen molar-refractivity contribution in [3.8, 4) is 0 Å². The maximum Gasteiger partial charge on any atom is 0.407 e. The molecule has 2 aromatic rings. The van der Waals surface area contributed by atoms with E-state index in [4.69, 9.17) is 16.3 Å². The Morgan fingerprint density at radius 3 is 2.91 bits per heavy atom. The number of rotatable bonds is 5. The monoisotopic (exact) mass is 320 g/mol. The molecule has 0 spiro atoms. The standard InChI is InChI=1S/C17H21ClN2O2/c1-11(2)10-22-17(21)20-6-4-13-9-14-15(18)5-7-19-16(14)8-12(13)3/h5,7-9,11H,4,6,10H2,1-3H3,(H,20,21). The van der Waals surface area contributed by atoms with Crippen LogP contribution in [0.3, 0.4) is 0 Å². The summed E-state index contributed by atoms with van der Waals surface area (Å²) >= 11 is 6.21. The number of carbonyl (C=O) groups is 1. The van der Waals surface area contributed by atoms with E-state index in [1.807, 2.05) is 32.9 Å². The number of pyridine rings is 1. The van der Waals surface area contributed by atoms with Crippen LogP contribution >= 0.6 is 11.6 Å². The molecule has 1 aromatic carbocycles. The van der Waals surface area contributed by atoms with Crippen molar-refractivity contribution >= 4 is 28.6 Å². The van der Waals surface area contributed by atoms with E-state index in [0.29, 0.717) is 24.1 Å². The second-order valence-electron chi connectivity index (χ2n) is 5.76. The van der Waals surface area contributed by atoms with Gasteiger partial charge in [-0.1, -0.05) is 25.4 Å². The van der Waals surface area contributed by atoms with Crippen molar-refractivity contribution in [3.05, 3.63) is 40.5 Å². The minimum absolute atomic E-state index is 0.336. The third kappa shape index (κ3) is 4.34. The van der Waals surface area contributed by atoms with Gasteiger partial charge in [0.25, 0.3) is 0 Å². The fourth-order valence-corrected chi connectivity index (χ4v) is 2.38. The summed E-state index contributed by atoms with van der Waals surface area (Å²) < 4.78 is 5.08. The van der Waals surface area contributed by atoms with Crippen molar-refractivity contribution in [2.75, 3.05) is 13.2 Å². The van der Waals surface area contributed by atoms with Crippen molar-refractivity contribution in [1.29, 1.82) is 0 Å². The molecule has 0 saturated carbocycles. The van der Waals surface area contributed by atoms with Crippen LogP contribution in [0.25, 0.3) is 10.9 Å². The predicted octanol–water partition coefficient (Wildman–Crippen LogP) is 4.12. The number of benzene rings is 1. The Bertz CT molecular complexity index is 671. The van der Waals surface area contributed by atoms with Gasteiger partial charge in [-0.15, -0.1) is 0 Å². The third-order valence-electron chi connectivity index (χ3n) is 3.36. The van der Waals surface area contributed by atoms with Crippen LogP contribution in [0, 0.1) is 12.8 Å². The van der Waals surface area contributed by atoms with Crippen LogP contribution in [0.15, 0.2) is 24.4 Å². The average molecular weight is 321 g/mol. The molecule has 1 amide bonds. The Morgan fingerprint density at radius 1 is 1.41 bits per heavy atom. The lowest BCUT2D eigenvalue weighted by Crippen LogP contribution is -2.27. The first-order valence-corrected chi connectivity index (χ1v) is 7.79. The highest BCUT2D eigenvalue weighted by molar-refractivity contribution is 6.35. The normalized spacial score (nSPS) is 11.0. The highest BCUT2D eigenvalue weighted by atomic mass is 35.5. The predicted molar refractivity (Wildman–Crippen MR) is 89.4 cm³/mol. The fourth-order valence-electron chi connectivity index (χ4n) is 2.17. The lowest BCUT2D eigenvalue weighted by atomic mass is 10.0. The van der Waals surface area contributed by atoms with E-state index < -0.39 is 0 Å². The molecule has 0 fully saturated rings. The molecule has 0 atom stereocenters. The van der Waals surface area contributed by atoms with Gasteiger partial charge in [0.2, 0.25) is 0 Å². The minimum atomic E-state index is -0.369. The molecule has 0 radical (unpaired) electrons. The van der Waals surface area contributed by atoms with Crippen molar-refractivity contribution in [3.63, 3.8) is 0 Å². The molecular formula is C17H21ClN2O2. The number of hydrogen-bond acceptors (Lipinski definition) is 3. The maximum atomic E-state index is 11.5. The number of carbonyl (C=O) groups excluding carboxylic acids is 1. The van der Waals surface area contributed by atoms with E-state index in [9.17, 15) is 4.79 Å². The maximum absolute atomic E-state index is 11.5. The van der Waals surface area contributed by atoms with E-state index in [2.05, 4.69) is 10.3 Å². The van der Waals surface area contributed by atoms with Gasteiger partial charge < -0.3 is 10.1 Å². The van der Waals surface area contributed by atoms with Gasteiger partial charge in [0, 0.05) is 18.1 Å². The van der Waals surface area contributed by atoms with Crippen LogP contribution in [-0.4, -0.2) is 24.2 Å². The number of hydrogen-bond donors (Lipinski definition) is 1. The lowest BCUT2D eigenvalue weighted by molar-refractivity contribution is 0.133. The first-order valence-electron chi connectivity index (χ1n) is 7.41. The van der Waals surface area contributed by atoms with Crippen molar-refractivity contribution in [2.45, 2.75) is 27.2 Å². The number of amides is 1. The SMILES string of the molecule is Cc1cc2nccc(Cl)c2cc1CCNC(=O)OCC(C)C. The molecule has 2 rings (SSSR count). The number of fused-ring (bicyclic) bond motifs is 1. The van der Waals surface area contributed by atoms with Crippen LogP contribution in [0.2, 0.25) is 5.02 Å². The molecule has 118 valence electrons. The molecule has 0 aliphatic rings. The van der Waals surface area contributed by atoms with Crippen LogP contribution in [0.5, 0.6) is 0 Å².